The molecule has 2 atom stereocenters. The zero-order valence-corrected chi connectivity index (χ0v) is 19.8. The summed E-state index contributed by atoms with van der Waals surface area (Å²) in [5.41, 5.74) is 7.11. The third-order valence-electron chi connectivity index (χ3n) is 7.01. The minimum atomic E-state index is -0.883. The number of fused-ring (bicyclic) bond motifs is 1. The van der Waals surface area contributed by atoms with Crippen LogP contribution >= 0.6 is 0 Å². The van der Waals surface area contributed by atoms with Crippen LogP contribution < -0.4 is 0 Å². The van der Waals surface area contributed by atoms with E-state index in [-0.39, 0.29) is 16.2 Å². The summed E-state index contributed by atoms with van der Waals surface area (Å²) >= 11 is 0. The quantitative estimate of drug-likeness (QED) is 0.393. The summed E-state index contributed by atoms with van der Waals surface area (Å²) in [6.45, 7) is 15.8. The van der Waals surface area contributed by atoms with E-state index in [2.05, 4.69) is 71.9 Å². The van der Waals surface area contributed by atoms with E-state index in [0.29, 0.717) is 5.92 Å². The molecule has 2 aliphatic rings. The van der Waals surface area contributed by atoms with Crippen molar-refractivity contribution in [2.45, 2.75) is 85.0 Å². The summed E-state index contributed by atoms with van der Waals surface area (Å²) in [5, 5.41) is 8.96. The molecule has 0 radical (unpaired) electrons. The lowest BCUT2D eigenvalue weighted by Crippen LogP contribution is -2.25. The van der Waals surface area contributed by atoms with Crippen LogP contribution in [0.3, 0.4) is 0 Å². The molecule has 0 aromatic heterocycles. The van der Waals surface area contributed by atoms with Crippen molar-refractivity contribution < 1.29 is 9.90 Å². The molecule has 1 N–H and O–H groups in total. The van der Waals surface area contributed by atoms with Gasteiger partial charge in [-0.3, -0.25) is 0 Å². The van der Waals surface area contributed by atoms with E-state index < -0.39 is 5.97 Å². The first-order valence-electron chi connectivity index (χ1n) is 11.4. The van der Waals surface area contributed by atoms with Crippen LogP contribution in [0.25, 0.3) is 5.57 Å². The fourth-order valence-corrected chi connectivity index (χ4v) is 5.26. The molecule has 0 heterocycles. The molecule has 0 amide bonds. The fourth-order valence-electron chi connectivity index (χ4n) is 5.26. The molecule has 162 valence electrons. The molecular formula is C28H38O2. The van der Waals surface area contributed by atoms with Gasteiger partial charge in [0.1, 0.15) is 0 Å². The van der Waals surface area contributed by atoms with Crippen molar-refractivity contribution in [3.8, 4) is 0 Å². The lowest BCUT2D eigenvalue weighted by Gasteiger charge is -2.37. The van der Waals surface area contributed by atoms with Gasteiger partial charge in [-0.1, -0.05) is 84.4 Å². The van der Waals surface area contributed by atoms with Gasteiger partial charge in [0.15, 0.2) is 0 Å². The number of benzene rings is 1. The van der Waals surface area contributed by atoms with Crippen LogP contribution in [0.1, 0.15) is 90.8 Å². The molecule has 2 aliphatic carbocycles. The number of carbonyl (C=O) groups is 1. The molecule has 30 heavy (non-hydrogen) atoms. The second-order valence-corrected chi connectivity index (χ2v) is 11.0. The van der Waals surface area contributed by atoms with Crippen molar-refractivity contribution in [1.29, 1.82) is 0 Å². The van der Waals surface area contributed by atoms with E-state index in [0.717, 1.165) is 24.8 Å². The number of carboxylic acid groups (broad SMARTS) is 1. The molecular weight excluding hydrogens is 368 g/mol. The number of aliphatic carboxylic acids is 1. The Hall–Kier alpha value is -2.09. The molecule has 1 saturated carbocycles. The Morgan fingerprint density at radius 2 is 1.97 bits per heavy atom. The number of rotatable bonds is 6. The topological polar surface area (TPSA) is 37.3 Å². The van der Waals surface area contributed by atoms with Gasteiger partial charge in [-0.25, -0.2) is 4.79 Å². The molecule has 0 spiro atoms. The third-order valence-corrected chi connectivity index (χ3v) is 7.01. The zero-order chi connectivity index (χ0) is 22.3. The van der Waals surface area contributed by atoms with Gasteiger partial charge in [0.05, 0.1) is 0 Å². The molecule has 0 aliphatic heterocycles. The van der Waals surface area contributed by atoms with Crippen LogP contribution in [0, 0.1) is 11.3 Å². The normalized spacial score (nSPS) is 25.8. The van der Waals surface area contributed by atoms with E-state index in [1.807, 2.05) is 13.0 Å². The Kier molecular flexibility index (Phi) is 5.93. The van der Waals surface area contributed by atoms with Crippen LogP contribution in [0.4, 0.5) is 0 Å². The van der Waals surface area contributed by atoms with Gasteiger partial charge in [-0.05, 0) is 70.8 Å². The van der Waals surface area contributed by atoms with Gasteiger partial charge in [-0.2, -0.15) is 0 Å². The minimum absolute atomic E-state index is 0.128. The summed E-state index contributed by atoms with van der Waals surface area (Å²) in [4.78, 5) is 10.9. The summed E-state index contributed by atoms with van der Waals surface area (Å²) in [6, 6.07) is 7.24. The maximum Gasteiger partial charge on any atom is 0.328 e. The van der Waals surface area contributed by atoms with Crippen molar-refractivity contribution in [2.75, 3.05) is 0 Å². The highest BCUT2D eigenvalue weighted by Crippen LogP contribution is 2.59. The summed E-state index contributed by atoms with van der Waals surface area (Å²) in [6.07, 6.45) is 12.5. The summed E-state index contributed by atoms with van der Waals surface area (Å²) < 4.78 is 0. The largest absolute Gasteiger partial charge is 0.478 e. The summed E-state index contributed by atoms with van der Waals surface area (Å²) in [5.74, 6) is -0.405. The smallest absolute Gasteiger partial charge is 0.328 e. The first kappa shape index (κ1) is 22.6. The summed E-state index contributed by atoms with van der Waals surface area (Å²) in [7, 11) is 0. The Bertz CT molecular complexity index is 920. The molecule has 2 heteroatoms. The molecule has 1 fully saturated rings. The van der Waals surface area contributed by atoms with Crippen LogP contribution in [0.5, 0.6) is 0 Å². The van der Waals surface area contributed by atoms with Gasteiger partial charge in [0.25, 0.3) is 0 Å². The van der Waals surface area contributed by atoms with Crippen molar-refractivity contribution in [3.63, 3.8) is 0 Å². The Labute approximate surface area is 182 Å². The predicted molar refractivity (Wildman–Crippen MR) is 127 cm³/mol. The number of hydrogen-bond acceptors (Lipinski definition) is 1. The number of carboxylic acids is 1. The number of allylic oxidation sites excluding steroid dienone is 5. The predicted octanol–water partition coefficient (Wildman–Crippen LogP) is 7.44. The molecule has 0 saturated heterocycles. The Morgan fingerprint density at radius 3 is 2.57 bits per heavy atom. The first-order valence-corrected chi connectivity index (χ1v) is 11.4. The highest BCUT2D eigenvalue weighted by molar-refractivity contribution is 5.81. The fraction of sp³-hybridized carbons (Fsp3) is 0.536. The van der Waals surface area contributed by atoms with Gasteiger partial charge in [-0.15, -0.1) is 0 Å². The van der Waals surface area contributed by atoms with E-state index in [1.54, 1.807) is 0 Å². The average molecular weight is 407 g/mol. The van der Waals surface area contributed by atoms with Gasteiger partial charge >= 0.3 is 5.97 Å². The van der Waals surface area contributed by atoms with Gasteiger partial charge in [0.2, 0.25) is 0 Å². The number of hydrogen-bond donors (Lipinski definition) is 1. The van der Waals surface area contributed by atoms with Crippen molar-refractivity contribution >= 4 is 11.5 Å². The third kappa shape index (κ3) is 4.33. The lowest BCUT2D eigenvalue weighted by molar-refractivity contribution is -0.131. The molecule has 3 rings (SSSR count). The van der Waals surface area contributed by atoms with E-state index in [9.17, 15) is 4.79 Å². The van der Waals surface area contributed by atoms with Crippen LogP contribution in [-0.4, -0.2) is 11.1 Å². The molecule has 2 unspecified atom stereocenters. The molecule has 1 aromatic carbocycles. The second kappa shape index (κ2) is 7.87. The molecule has 2 nitrogen and oxygen atoms in total. The van der Waals surface area contributed by atoms with Crippen molar-refractivity contribution in [2.24, 2.45) is 11.3 Å². The standard InChI is InChI=1S/C28H38O2/c1-8-14-28(18-21(28)10-9-19(2)16-25(29)30)20-11-12-24-22(17-20)23(26(3,4)5)13-15-27(24,6)7/h9-13,16-17,21H,8,14-15,18H2,1-7H3,(H,29,30). The van der Waals surface area contributed by atoms with Crippen LogP contribution in [-0.2, 0) is 15.6 Å². The van der Waals surface area contributed by atoms with E-state index >= 15 is 0 Å². The average Bonchev–Trinajstić information content (AvgIpc) is 3.32. The monoisotopic (exact) mass is 406 g/mol. The Morgan fingerprint density at radius 1 is 1.27 bits per heavy atom. The molecule has 1 aromatic rings. The van der Waals surface area contributed by atoms with E-state index in [1.165, 1.54) is 34.8 Å². The highest BCUT2D eigenvalue weighted by atomic mass is 16.4. The van der Waals surface area contributed by atoms with Gasteiger partial charge < -0.3 is 5.11 Å². The molecule has 0 bridgehead atoms. The maximum atomic E-state index is 10.9. The van der Waals surface area contributed by atoms with Gasteiger partial charge in [0, 0.05) is 11.5 Å². The Balaban J connectivity index is 2.00. The van der Waals surface area contributed by atoms with E-state index in [4.69, 9.17) is 5.11 Å². The second-order valence-electron chi connectivity index (χ2n) is 11.0. The minimum Gasteiger partial charge on any atom is -0.478 e. The van der Waals surface area contributed by atoms with Crippen LogP contribution in [0.15, 0.2) is 48.1 Å². The van der Waals surface area contributed by atoms with Crippen LogP contribution in [0.2, 0.25) is 0 Å². The highest BCUT2D eigenvalue weighted by Gasteiger charge is 2.53. The van der Waals surface area contributed by atoms with Crippen molar-refractivity contribution in [1.82, 2.24) is 0 Å². The SMILES string of the molecule is CCCC1(c2ccc3c(c2)C(C(C)(C)C)=CCC3(C)C)CC1C=CC(C)=CC(=O)O. The lowest BCUT2D eigenvalue weighted by atomic mass is 9.67. The van der Waals surface area contributed by atoms with Crippen molar-refractivity contribution in [3.05, 3.63) is 64.8 Å². The maximum absolute atomic E-state index is 10.9. The zero-order valence-electron chi connectivity index (χ0n) is 19.8. The first-order chi connectivity index (χ1) is 13.9.